The first-order chi connectivity index (χ1) is 5.74. The second-order valence-electron chi connectivity index (χ2n) is 2.98. The van der Waals surface area contributed by atoms with Crippen LogP contribution in [0.25, 0.3) is 0 Å². The summed E-state index contributed by atoms with van der Waals surface area (Å²) in [5.74, 6) is 0. The Kier molecular flexibility index (Phi) is 3.29. The number of hydrogen-bond acceptors (Lipinski definition) is 2. The molecule has 0 saturated carbocycles. The average molecular weight is 168 g/mol. The van der Waals surface area contributed by atoms with Crippen LogP contribution in [0.1, 0.15) is 26.0 Å². The van der Waals surface area contributed by atoms with Crippen LogP contribution in [0.15, 0.2) is 12.3 Å². The number of ether oxygens (including phenoxy) is 1. The molecule has 0 aliphatic rings. The van der Waals surface area contributed by atoms with Crippen molar-refractivity contribution < 1.29 is 4.74 Å². The third-order valence-corrected chi connectivity index (χ3v) is 2.01. The molecular weight excluding hydrogens is 152 g/mol. The summed E-state index contributed by atoms with van der Waals surface area (Å²) in [4.78, 5) is 0. The molecule has 0 aliphatic carbocycles. The van der Waals surface area contributed by atoms with Gasteiger partial charge in [-0.05, 0) is 19.4 Å². The molecule has 0 bridgehead atoms. The molecule has 0 fully saturated rings. The largest absolute Gasteiger partial charge is 0.372 e. The molecule has 0 aliphatic heterocycles. The summed E-state index contributed by atoms with van der Waals surface area (Å²) in [5, 5.41) is 4.06. The smallest absolute Gasteiger partial charge is 0.0888 e. The van der Waals surface area contributed by atoms with Gasteiger partial charge in [0.15, 0.2) is 0 Å². The van der Waals surface area contributed by atoms with Gasteiger partial charge in [0.1, 0.15) is 0 Å². The molecule has 0 saturated heterocycles. The molecule has 0 N–H and O–H groups in total. The van der Waals surface area contributed by atoms with Crippen LogP contribution < -0.4 is 0 Å². The van der Waals surface area contributed by atoms with E-state index in [1.54, 1.807) is 6.20 Å². The van der Waals surface area contributed by atoms with Gasteiger partial charge < -0.3 is 4.74 Å². The standard InChI is InChI=1S/C9H16N2O/c1-4-8(2)12-7-9-5-6-10-11(9)3/h5-6,8H,4,7H2,1-3H3/t8-/m0/s1. The van der Waals surface area contributed by atoms with Gasteiger partial charge >= 0.3 is 0 Å². The van der Waals surface area contributed by atoms with Crippen molar-refractivity contribution >= 4 is 0 Å². The van der Waals surface area contributed by atoms with Gasteiger partial charge in [0, 0.05) is 13.2 Å². The second kappa shape index (κ2) is 4.26. The third-order valence-electron chi connectivity index (χ3n) is 2.01. The van der Waals surface area contributed by atoms with Crippen molar-refractivity contribution in [2.75, 3.05) is 0 Å². The van der Waals surface area contributed by atoms with Crippen molar-refractivity contribution in [1.82, 2.24) is 9.78 Å². The summed E-state index contributed by atoms with van der Waals surface area (Å²) in [6.45, 7) is 4.86. The van der Waals surface area contributed by atoms with Gasteiger partial charge in [-0.2, -0.15) is 5.10 Å². The predicted octanol–water partition coefficient (Wildman–Crippen LogP) is 1.74. The number of nitrogens with zero attached hydrogens (tertiary/aromatic N) is 2. The number of aryl methyl sites for hydroxylation is 1. The van der Waals surface area contributed by atoms with Gasteiger partial charge in [0.25, 0.3) is 0 Å². The van der Waals surface area contributed by atoms with Gasteiger partial charge in [0.2, 0.25) is 0 Å². The summed E-state index contributed by atoms with van der Waals surface area (Å²) in [6, 6.07) is 1.97. The Bertz CT molecular complexity index is 232. The molecule has 1 aromatic rings. The van der Waals surface area contributed by atoms with E-state index in [-0.39, 0.29) is 0 Å². The van der Waals surface area contributed by atoms with Crippen molar-refractivity contribution in [3.63, 3.8) is 0 Å². The van der Waals surface area contributed by atoms with Crippen molar-refractivity contribution in [3.8, 4) is 0 Å². The van der Waals surface area contributed by atoms with Crippen molar-refractivity contribution in [3.05, 3.63) is 18.0 Å². The predicted molar refractivity (Wildman–Crippen MR) is 47.8 cm³/mol. The first kappa shape index (κ1) is 9.26. The zero-order valence-corrected chi connectivity index (χ0v) is 7.95. The molecule has 0 unspecified atom stereocenters. The molecule has 3 heteroatoms. The molecule has 3 nitrogen and oxygen atoms in total. The lowest BCUT2D eigenvalue weighted by Gasteiger charge is -2.09. The molecule has 1 rings (SSSR count). The van der Waals surface area contributed by atoms with E-state index in [9.17, 15) is 0 Å². The topological polar surface area (TPSA) is 27.1 Å². The Morgan fingerprint density at radius 1 is 1.67 bits per heavy atom. The van der Waals surface area contributed by atoms with E-state index in [1.807, 2.05) is 17.8 Å². The van der Waals surface area contributed by atoms with Gasteiger partial charge in [0.05, 0.1) is 18.4 Å². The lowest BCUT2D eigenvalue weighted by atomic mass is 10.3. The van der Waals surface area contributed by atoms with E-state index in [0.29, 0.717) is 12.7 Å². The molecule has 0 amide bonds. The van der Waals surface area contributed by atoms with E-state index in [1.165, 1.54) is 0 Å². The third kappa shape index (κ3) is 2.34. The van der Waals surface area contributed by atoms with Crippen molar-refractivity contribution in [2.45, 2.75) is 33.0 Å². The molecule has 0 radical (unpaired) electrons. The summed E-state index contributed by atoms with van der Waals surface area (Å²) >= 11 is 0. The highest BCUT2D eigenvalue weighted by Crippen LogP contribution is 2.03. The summed E-state index contributed by atoms with van der Waals surface area (Å²) in [7, 11) is 1.93. The molecule has 1 heterocycles. The monoisotopic (exact) mass is 168 g/mol. The summed E-state index contributed by atoms with van der Waals surface area (Å²) in [5.41, 5.74) is 1.12. The minimum Gasteiger partial charge on any atom is -0.372 e. The van der Waals surface area contributed by atoms with Crippen LogP contribution >= 0.6 is 0 Å². The van der Waals surface area contributed by atoms with Gasteiger partial charge in [-0.3, -0.25) is 4.68 Å². The molecule has 0 aromatic carbocycles. The highest BCUT2D eigenvalue weighted by molar-refractivity contribution is 4.97. The molecule has 0 spiro atoms. The summed E-state index contributed by atoms with van der Waals surface area (Å²) in [6.07, 6.45) is 3.17. The fourth-order valence-electron chi connectivity index (χ4n) is 0.888. The molecule has 68 valence electrons. The van der Waals surface area contributed by atoms with Crippen molar-refractivity contribution in [2.24, 2.45) is 7.05 Å². The fraction of sp³-hybridized carbons (Fsp3) is 0.667. The maximum absolute atomic E-state index is 5.56. The Balaban J connectivity index is 2.38. The zero-order valence-electron chi connectivity index (χ0n) is 7.95. The second-order valence-corrected chi connectivity index (χ2v) is 2.98. The van der Waals surface area contributed by atoms with Crippen LogP contribution in [-0.4, -0.2) is 15.9 Å². The quantitative estimate of drug-likeness (QED) is 0.684. The maximum Gasteiger partial charge on any atom is 0.0888 e. The van der Waals surface area contributed by atoms with E-state index in [4.69, 9.17) is 4.74 Å². The molecule has 1 aromatic heterocycles. The number of hydrogen-bond donors (Lipinski definition) is 0. The Labute approximate surface area is 73.3 Å². The SMILES string of the molecule is CC[C@H](C)OCc1ccnn1C. The zero-order chi connectivity index (χ0) is 8.97. The normalized spacial score (nSPS) is 13.2. The average Bonchev–Trinajstić information content (AvgIpc) is 2.47. The van der Waals surface area contributed by atoms with Gasteiger partial charge in [-0.25, -0.2) is 0 Å². The number of rotatable bonds is 4. The highest BCUT2D eigenvalue weighted by atomic mass is 16.5. The van der Waals surface area contributed by atoms with E-state index in [0.717, 1.165) is 12.1 Å². The van der Waals surface area contributed by atoms with Gasteiger partial charge in [-0.1, -0.05) is 6.92 Å². The van der Waals surface area contributed by atoms with Crippen LogP contribution in [0.2, 0.25) is 0 Å². The van der Waals surface area contributed by atoms with Gasteiger partial charge in [-0.15, -0.1) is 0 Å². The first-order valence-corrected chi connectivity index (χ1v) is 4.32. The van der Waals surface area contributed by atoms with Crippen LogP contribution in [0.3, 0.4) is 0 Å². The van der Waals surface area contributed by atoms with Crippen LogP contribution in [0.5, 0.6) is 0 Å². The maximum atomic E-state index is 5.56. The molecular formula is C9H16N2O. The minimum absolute atomic E-state index is 0.333. The highest BCUT2D eigenvalue weighted by Gasteiger charge is 2.01. The van der Waals surface area contributed by atoms with Crippen LogP contribution in [0.4, 0.5) is 0 Å². The minimum atomic E-state index is 0.333. The van der Waals surface area contributed by atoms with E-state index in [2.05, 4.69) is 18.9 Å². The summed E-state index contributed by atoms with van der Waals surface area (Å²) < 4.78 is 7.39. The Hall–Kier alpha value is -0.830. The lowest BCUT2D eigenvalue weighted by molar-refractivity contribution is 0.0471. The Morgan fingerprint density at radius 2 is 2.42 bits per heavy atom. The molecule has 1 atom stereocenters. The van der Waals surface area contributed by atoms with Crippen LogP contribution in [-0.2, 0) is 18.4 Å². The van der Waals surface area contributed by atoms with Crippen LogP contribution in [0, 0.1) is 0 Å². The van der Waals surface area contributed by atoms with E-state index < -0.39 is 0 Å². The Morgan fingerprint density at radius 3 is 2.92 bits per heavy atom. The number of aromatic nitrogens is 2. The molecule has 12 heavy (non-hydrogen) atoms. The fourth-order valence-corrected chi connectivity index (χ4v) is 0.888. The van der Waals surface area contributed by atoms with Crippen molar-refractivity contribution in [1.29, 1.82) is 0 Å². The first-order valence-electron chi connectivity index (χ1n) is 4.32. The lowest BCUT2D eigenvalue weighted by Crippen LogP contribution is -2.08. The van der Waals surface area contributed by atoms with E-state index >= 15 is 0 Å².